The van der Waals surface area contributed by atoms with Gasteiger partial charge in [0.1, 0.15) is 0 Å². The molecule has 70 valence electrons. The molecule has 0 radical (unpaired) electrons. The maximum absolute atomic E-state index is 12.0. The summed E-state index contributed by atoms with van der Waals surface area (Å²) >= 11 is 0. The topological polar surface area (TPSA) is 52.0 Å². The van der Waals surface area contributed by atoms with E-state index in [1.807, 2.05) is 0 Å². The van der Waals surface area contributed by atoms with E-state index < -0.39 is 11.7 Å². The van der Waals surface area contributed by atoms with Gasteiger partial charge in [-0.05, 0) is 12.5 Å². The molecule has 0 saturated carbocycles. The van der Waals surface area contributed by atoms with E-state index in [0.29, 0.717) is 0 Å². The fourth-order valence-corrected chi connectivity index (χ4v) is 0.610. The van der Waals surface area contributed by atoms with Crippen molar-refractivity contribution in [1.29, 1.82) is 0 Å². The van der Waals surface area contributed by atoms with Crippen molar-refractivity contribution in [2.45, 2.75) is 19.5 Å². The first kappa shape index (κ1) is 10.9. The number of nitrogens with two attached hydrogens (primary N) is 2. The predicted molar refractivity (Wildman–Crippen MR) is 40.9 cm³/mol. The molecule has 0 aliphatic heterocycles. The number of hydrogen-bond acceptors (Lipinski definition) is 2. The van der Waals surface area contributed by atoms with Crippen LogP contribution in [0.25, 0.3) is 0 Å². The number of alkyl halides is 3. The van der Waals surface area contributed by atoms with Crippen molar-refractivity contribution in [3.63, 3.8) is 0 Å². The number of hydrogen-bond donors (Lipinski definition) is 2. The molecule has 0 atom stereocenters. The molecule has 12 heavy (non-hydrogen) atoms. The third kappa shape index (κ3) is 3.90. The highest BCUT2D eigenvalue weighted by molar-refractivity contribution is 5.18. The third-order valence-corrected chi connectivity index (χ3v) is 1.22. The molecular formula is C7H11F3N2. The zero-order valence-corrected chi connectivity index (χ0v) is 6.65. The standard InChI is InChI=1S/C7H11F3N2/c1-2-5(7(8,9)10)3-4-6(11)12/h3-4H,2,11-12H2,1H3/b5-3+. The molecule has 0 aliphatic rings. The minimum Gasteiger partial charge on any atom is -0.386 e. The minimum atomic E-state index is -4.29. The molecule has 0 aromatic carbocycles. The van der Waals surface area contributed by atoms with Gasteiger partial charge in [0.25, 0.3) is 0 Å². The van der Waals surface area contributed by atoms with Crippen molar-refractivity contribution < 1.29 is 13.2 Å². The highest BCUT2D eigenvalue weighted by atomic mass is 19.4. The molecule has 0 unspecified atom stereocenters. The van der Waals surface area contributed by atoms with Gasteiger partial charge in [0.2, 0.25) is 0 Å². The van der Waals surface area contributed by atoms with Crippen molar-refractivity contribution in [1.82, 2.24) is 0 Å². The molecule has 0 aromatic rings. The summed E-state index contributed by atoms with van der Waals surface area (Å²) in [6.07, 6.45) is -2.46. The van der Waals surface area contributed by atoms with Crippen LogP contribution in [-0.4, -0.2) is 6.18 Å². The summed E-state index contributed by atoms with van der Waals surface area (Å²) in [4.78, 5) is 0. The van der Waals surface area contributed by atoms with E-state index in [0.717, 1.165) is 12.2 Å². The summed E-state index contributed by atoms with van der Waals surface area (Å²) in [6.45, 7) is 1.42. The lowest BCUT2D eigenvalue weighted by molar-refractivity contribution is -0.0935. The molecule has 4 N–H and O–H groups in total. The summed E-state index contributed by atoms with van der Waals surface area (Å²) in [5.41, 5.74) is 9.29. The van der Waals surface area contributed by atoms with Crippen LogP contribution in [0.4, 0.5) is 13.2 Å². The van der Waals surface area contributed by atoms with Crippen LogP contribution < -0.4 is 11.5 Å². The van der Waals surface area contributed by atoms with E-state index in [1.165, 1.54) is 6.92 Å². The fraction of sp³-hybridized carbons (Fsp3) is 0.429. The van der Waals surface area contributed by atoms with Crippen molar-refractivity contribution in [3.05, 3.63) is 23.5 Å². The van der Waals surface area contributed by atoms with Gasteiger partial charge in [-0.1, -0.05) is 13.0 Å². The van der Waals surface area contributed by atoms with Crippen LogP contribution in [0.5, 0.6) is 0 Å². The lowest BCUT2D eigenvalue weighted by Crippen LogP contribution is -2.12. The van der Waals surface area contributed by atoms with E-state index in [1.54, 1.807) is 0 Å². The summed E-state index contributed by atoms with van der Waals surface area (Å²) in [5.74, 6) is -0.134. The zero-order valence-electron chi connectivity index (χ0n) is 6.65. The van der Waals surface area contributed by atoms with E-state index >= 15 is 0 Å². The average molecular weight is 180 g/mol. The summed E-state index contributed by atoms with van der Waals surface area (Å²) in [5, 5.41) is 0. The number of halogens is 3. The SMILES string of the molecule is CC/C(=C\C=C(N)N)C(F)(F)F. The fourth-order valence-electron chi connectivity index (χ4n) is 0.610. The summed E-state index contributed by atoms with van der Waals surface area (Å²) in [7, 11) is 0. The van der Waals surface area contributed by atoms with Gasteiger partial charge in [-0.3, -0.25) is 0 Å². The van der Waals surface area contributed by atoms with Gasteiger partial charge in [-0.15, -0.1) is 0 Å². The van der Waals surface area contributed by atoms with Gasteiger partial charge >= 0.3 is 6.18 Å². The van der Waals surface area contributed by atoms with Crippen molar-refractivity contribution in [2.75, 3.05) is 0 Å². The molecule has 0 saturated heterocycles. The first-order chi connectivity index (χ1) is 5.38. The molecule has 5 heteroatoms. The summed E-state index contributed by atoms with van der Waals surface area (Å²) in [6, 6.07) is 0. The van der Waals surface area contributed by atoms with Crippen LogP contribution in [0.15, 0.2) is 23.5 Å². The van der Waals surface area contributed by atoms with Gasteiger partial charge < -0.3 is 11.5 Å². The van der Waals surface area contributed by atoms with Crippen molar-refractivity contribution in [2.24, 2.45) is 11.5 Å². The molecule has 0 bridgehead atoms. The normalized spacial score (nSPS) is 12.8. The Morgan fingerprint density at radius 2 is 1.75 bits per heavy atom. The van der Waals surface area contributed by atoms with Crippen molar-refractivity contribution in [3.8, 4) is 0 Å². The van der Waals surface area contributed by atoms with Crippen LogP contribution >= 0.6 is 0 Å². The molecule has 0 fully saturated rings. The molecule has 0 amide bonds. The molecule has 0 spiro atoms. The number of rotatable bonds is 2. The quantitative estimate of drug-likeness (QED) is 0.635. The van der Waals surface area contributed by atoms with Crippen LogP contribution in [0.1, 0.15) is 13.3 Å². The van der Waals surface area contributed by atoms with Crippen LogP contribution in [0, 0.1) is 0 Å². The van der Waals surface area contributed by atoms with Crippen LogP contribution in [0.2, 0.25) is 0 Å². The molecule has 0 heterocycles. The van der Waals surface area contributed by atoms with Gasteiger partial charge in [-0.2, -0.15) is 13.2 Å². The Bertz CT molecular complexity index is 199. The van der Waals surface area contributed by atoms with Gasteiger partial charge in [0, 0.05) is 5.57 Å². The maximum Gasteiger partial charge on any atom is 0.412 e. The monoisotopic (exact) mass is 180 g/mol. The molecule has 0 aromatic heterocycles. The minimum absolute atomic E-state index is 0.0900. The van der Waals surface area contributed by atoms with E-state index in [4.69, 9.17) is 11.5 Å². The second-order valence-corrected chi connectivity index (χ2v) is 2.21. The second-order valence-electron chi connectivity index (χ2n) is 2.21. The summed E-state index contributed by atoms with van der Waals surface area (Å²) < 4.78 is 36.0. The van der Waals surface area contributed by atoms with Crippen molar-refractivity contribution >= 4 is 0 Å². The third-order valence-electron chi connectivity index (χ3n) is 1.22. The first-order valence-corrected chi connectivity index (χ1v) is 3.37. The zero-order chi connectivity index (χ0) is 9.78. The second kappa shape index (κ2) is 4.04. The smallest absolute Gasteiger partial charge is 0.386 e. The van der Waals surface area contributed by atoms with Crippen LogP contribution in [0.3, 0.4) is 0 Å². The molecule has 0 rings (SSSR count). The number of allylic oxidation sites excluding steroid dienone is 3. The Morgan fingerprint density at radius 1 is 1.25 bits per heavy atom. The lowest BCUT2D eigenvalue weighted by Gasteiger charge is -2.07. The molecule has 2 nitrogen and oxygen atoms in total. The first-order valence-electron chi connectivity index (χ1n) is 3.37. The largest absolute Gasteiger partial charge is 0.412 e. The highest BCUT2D eigenvalue weighted by Crippen LogP contribution is 2.27. The average Bonchev–Trinajstić information content (AvgIpc) is 1.85. The molecule has 0 aliphatic carbocycles. The predicted octanol–water partition coefficient (Wildman–Crippen LogP) is 1.64. The van der Waals surface area contributed by atoms with Gasteiger partial charge in [0.05, 0.1) is 5.82 Å². The Balaban J connectivity index is 4.57. The highest BCUT2D eigenvalue weighted by Gasteiger charge is 2.31. The Hall–Kier alpha value is -1.13. The Morgan fingerprint density at radius 3 is 2.00 bits per heavy atom. The van der Waals surface area contributed by atoms with Gasteiger partial charge in [-0.25, -0.2) is 0 Å². The maximum atomic E-state index is 12.0. The van der Waals surface area contributed by atoms with Crippen LogP contribution in [-0.2, 0) is 0 Å². The van der Waals surface area contributed by atoms with E-state index in [2.05, 4.69) is 0 Å². The van der Waals surface area contributed by atoms with E-state index in [-0.39, 0.29) is 12.2 Å². The Kier molecular flexibility index (Phi) is 3.66. The Labute approximate surface area is 68.7 Å². The van der Waals surface area contributed by atoms with Gasteiger partial charge in [0.15, 0.2) is 0 Å². The lowest BCUT2D eigenvalue weighted by atomic mass is 10.2. The van der Waals surface area contributed by atoms with E-state index in [9.17, 15) is 13.2 Å². The molecular weight excluding hydrogens is 169 g/mol.